The van der Waals surface area contributed by atoms with Gasteiger partial charge in [0.05, 0.1) is 15.0 Å². The molecule has 1 aromatic heterocycles. The molecule has 0 N–H and O–H groups in total. The first-order valence-electron chi connectivity index (χ1n) is 5.02. The van der Waals surface area contributed by atoms with E-state index in [0.29, 0.717) is 0 Å². The van der Waals surface area contributed by atoms with Gasteiger partial charge in [-0.05, 0) is 12.1 Å². The molecular formula is C11H4Cl4N2O3. The molecule has 0 atom stereocenters. The summed E-state index contributed by atoms with van der Waals surface area (Å²) in [6.07, 6.45) is 0. The molecule has 0 radical (unpaired) electrons. The fourth-order valence-corrected chi connectivity index (χ4v) is 2.03. The molecule has 0 amide bonds. The van der Waals surface area contributed by atoms with Gasteiger partial charge < -0.3 is 4.74 Å². The molecule has 0 aliphatic heterocycles. The Hall–Kier alpha value is -1.27. The first-order chi connectivity index (χ1) is 9.38. The van der Waals surface area contributed by atoms with Gasteiger partial charge in [0.2, 0.25) is 5.88 Å². The minimum Gasteiger partial charge on any atom is -0.436 e. The number of non-ortho nitro benzene ring substituents is 1. The topological polar surface area (TPSA) is 65.3 Å². The van der Waals surface area contributed by atoms with Crippen LogP contribution >= 0.6 is 46.4 Å². The molecule has 1 heterocycles. The van der Waals surface area contributed by atoms with Gasteiger partial charge in [0.15, 0.2) is 5.15 Å². The molecule has 0 saturated heterocycles. The van der Waals surface area contributed by atoms with Crippen molar-refractivity contribution in [3.8, 4) is 11.6 Å². The summed E-state index contributed by atoms with van der Waals surface area (Å²) >= 11 is 23.3. The summed E-state index contributed by atoms with van der Waals surface area (Å²) in [6.45, 7) is 0. The minimum atomic E-state index is -0.569. The molecule has 0 aliphatic rings. The highest BCUT2D eigenvalue weighted by Gasteiger charge is 2.14. The Bertz CT molecular complexity index is 694. The summed E-state index contributed by atoms with van der Waals surface area (Å²) < 4.78 is 5.37. The van der Waals surface area contributed by atoms with Gasteiger partial charge in [-0.25, -0.2) is 0 Å². The number of nitrogens with zero attached hydrogens (tertiary/aromatic N) is 2. The van der Waals surface area contributed by atoms with Gasteiger partial charge in [-0.3, -0.25) is 10.1 Å². The predicted octanol–water partition coefficient (Wildman–Crippen LogP) is 5.40. The number of hydrogen-bond donors (Lipinski definition) is 0. The number of ether oxygens (including phenoxy) is 1. The van der Waals surface area contributed by atoms with Crippen LogP contribution in [-0.2, 0) is 0 Å². The van der Waals surface area contributed by atoms with E-state index in [1.807, 2.05) is 0 Å². The van der Waals surface area contributed by atoms with Gasteiger partial charge in [-0.15, -0.1) is 0 Å². The normalized spacial score (nSPS) is 10.4. The lowest BCUT2D eigenvalue weighted by atomic mass is 10.3. The van der Waals surface area contributed by atoms with E-state index in [9.17, 15) is 10.1 Å². The van der Waals surface area contributed by atoms with Crippen LogP contribution in [0.2, 0.25) is 20.2 Å². The van der Waals surface area contributed by atoms with Crippen LogP contribution in [0.15, 0.2) is 24.3 Å². The average molecular weight is 354 g/mol. The molecule has 9 heteroatoms. The highest BCUT2D eigenvalue weighted by molar-refractivity contribution is 6.42. The van der Waals surface area contributed by atoms with Crippen LogP contribution in [0, 0.1) is 10.1 Å². The zero-order valence-corrected chi connectivity index (χ0v) is 12.5. The Labute approximate surface area is 133 Å². The van der Waals surface area contributed by atoms with Gasteiger partial charge in [-0.1, -0.05) is 46.4 Å². The third kappa shape index (κ3) is 3.24. The zero-order valence-electron chi connectivity index (χ0n) is 9.44. The van der Waals surface area contributed by atoms with Crippen molar-refractivity contribution in [2.24, 2.45) is 0 Å². The van der Waals surface area contributed by atoms with Crippen molar-refractivity contribution in [2.45, 2.75) is 0 Å². The second-order valence-corrected chi connectivity index (χ2v) is 5.10. The molecule has 2 rings (SSSR count). The molecule has 0 aliphatic carbocycles. The van der Waals surface area contributed by atoms with E-state index in [1.165, 1.54) is 18.2 Å². The molecule has 1 aromatic carbocycles. The molecular weight excluding hydrogens is 350 g/mol. The Balaban J connectivity index is 2.35. The van der Waals surface area contributed by atoms with E-state index in [0.717, 1.165) is 6.07 Å². The van der Waals surface area contributed by atoms with Crippen LogP contribution in [0.5, 0.6) is 11.6 Å². The highest BCUT2D eigenvalue weighted by atomic mass is 35.5. The van der Waals surface area contributed by atoms with E-state index >= 15 is 0 Å². The van der Waals surface area contributed by atoms with Crippen molar-refractivity contribution in [1.29, 1.82) is 0 Å². The van der Waals surface area contributed by atoms with Crippen LogP contribution in [0.3, 0.4) is 0 Å². The SMILES string of the molecule is O=[N+]([O-])c1ccc(Oc2nc(Cl)c(Cl)cc2Cl)c(Cl)c1. The lowest BCUT2D eigenvalue weighted by molar-refractivity contribution is -0.384. The molecule has 0 spiro atoms. The molecule has 5 nitrogen and oxygen atoms in total. The van der Waals surface area contributed by atoms with Crippen LogP contribution < -0.4 is 4.74 Å². The summed E-state index contributed by atoms with van der Waals surface area (Å²) in [5.41, 5.74) is -0.157. The van der Waals surface area contributed by atoms with E-state index in [-0.39, 0.29) is 37.5 Å². The number of benzene rings is 1. The van der Waals surface area contributed by atoms with E-state index < -0.39 is 4.92 Å². The minimum absolute atomic E-state index is 0.00294. The maximum atomic E-state index is 10.6. The number of nitro groups is 1. The van der Waals surface area contributed by atoms with Crippen molar-refractivity contribution in [3.05, 3.63) is 54.6 Å². The fourth-order valence-electron chi connectivity index (χ4n) is 1.29. The second kappa shape index (κ2) is 6.01. The summed E-state index contributed by atoms with van der Waals surface area (Å²) in [5.74, 6) is 0.155. The largest absolute Gasteiger partial charge is 0.436 e. The standard InChI is InChI=1S/C11H4Cl4N2O3/c12-6-3-5(17(18)19)1-2-9(6)20-11-8(14)4-7(13)10(15)16-11/h1-4H. The summed E-state index contributed by atoms with van der Waals surface area (Å²) in [6, 6.07) is 5.10. The van der Waals surface area contributed by atoms with E-state index in [4.69, 9.17) is 51.1 Å². The maximum absolute atomic E-state index is 10.6. The molecule has 0 bridgehead atoms. The van der Waals surface area contributed by atoms with Crippen LogP contribution in [0.4, 0.5) is 5.69 Å². The van der Waals surface area contributed by atoms with Gasteiger partial charge in [0, 0.05) is 12.1 Å². The first kappa shape index (κ1) is 15.1. The third-order valence-electron chi connectivity index (χ3n) is 2.19. The molecule has 0 saturated carbocycles. The summed E-state index contributed by atoms with van der Waals surface area (Å²) in [5, 5.41) is 11.0. The van der Waals surface area contributed by atoms with Crippen LogP contribution in [-0.4, -0.2) is 9.91 Å². The number of aromatic nitrogens is 1. The van der Waals surface area contributed by atoms with Gasteiger partial charge in [0.25, 0.3) is 5.69 Å². The van der Waals surface area contributed by atoms with Crippen molar-refractivity contribution >= 4 is 52.1 Å². The predicted molar refractivity (Wildman–Crippen MR) is 77.4 cm³/mol. The van der Waals surface area contributed by atoms with Crippen molar-refractivity contribution in [2.75, 3.05) is 0 Å². The zero-order chi connectivity index (χ0) is 14.9. The number of pyridine rings is 1. The first-order valence-corrected chi connectivity index (χ1v) is 6.53. The van der Waals surface area contributed by atoms with Crippen LogP contribution in [0.1, 0.15) is 0 Å². The van der Waals surface area contributed by atoms with E-state index in [2.05, 4.69) is 4.98 Å². The van der Waals surface area contributed by atoms with Gasteiger partial charge in [0.1, 0.15) is 10.8 Å². The van der Waals surface area contributed by atoms with E-state index in [1.54, 1.807) is 0 Å². The molecule has 0 fully saturated rings. The number of nitro benzene ring substituents is 1. The van der Waals surface area contributed by atoms with Gasteiger partial charge in [-0.2, -0.15) is 4.98 Å². The average Bonchev–Trinajstić information content (AvgIpc) is 2.37. The van der Waals surface area contributed by atoms with Crippen molar-refractivity contribution in [3.63, 3.8) is 0 Å². The molecule has 104 valence electrons. The number of rotatable bonds is 3. The fraction of sp³-hybridized carbons (Fsp3) is 0. The Morgan fingerprint density at radius 3 is 2.35 bits per heavy atom. The van der Waals surface area contributed by atoms with Crippen molar-refractivity contribution < 1.29 is 9.66 Å². The Morgan fingerprint density at radius 2 is 1.75 bits per heavy atom. The number of halogens is 4. The third-order valence-corrected chi connectivity index (χ3v) is 3.43. The monoisotopic (exact) mass is 352 g/mol. The smallest absolute Gasteiger partial charge is 0.271 e. The lowest BCUT2D eigenvalue weighted by Gasteiger charge is -2.08. The molecule has 20 heavy (non-hydrogen) atoms. The lowest BCUT2D eigenvalue weighted by Crippen LogP contribution is -1.93. The number of hydrogen-bond acceptors (Lipinski definition) is 4. The van der Waals surface area contributed by atoms with Gasteiger partial charge >= 0.3 is 0 Å². The van der Waals surface area contributed by atoms with Crippen molar-refractivity contribution in [1.82, 2.24) is 4.98 Å². The second-order valence-electron chi connectivity index (χ2n) is 3.52. The molecule has 2 aromatic rings. The summed E-state index contributed by atoms with van der Waals surface area (Å²) in [7, 11) is 0. The van der Waals surface area contributed by atoms with Crippen LogP contribution in [0.25, 0.3) is 0 Å². The summed E-state index contributed by atoms with van der Waals surface area (Å²) in [4.78, 5) is 13.9. The highest BCUT2D eigenvalue weighted by Crippen LogP contribution is 2.36. The Kier molecular flexibility index (Phi) is 4.55. The maximum Gasteiger partial charge on any atom is 0.271 e. The Morgan fingerprint density at radius 1 is 1.05 bits per heavy atom. The quantitative estimate of drug-likeness (QED) is 0.421. The molecule has 0 unspecified atom stereocenters.